The summed E-state index contributed by atoms with van der Waals surface area (Å²) in [6.07, 6.45) is 3.16. The number of likely N-dealkylation sites (N-methyl/N-ethyl adjacent to an activating group) is 1. The predicted octanol–water partition coefficient (Wildman–Crippen LogP) is 2.06. The molecule has 0 radical (unpaired) electrons. The molecule has 6 amide bonds. The summed E-state index contributed by atoms with van der Waals surface area (Å²) in [5, 5.41) is 11.1. The fraction of sp³-hybridized carbons (Fsp3) is 0.758. The Hall–Kier alpha value is -3.64. The molecule has 1 aliphatic heterocycles. The van der Waals surface area contributed by atoms with Crippen LogP contribution in [0.25, 0.3) is 0 Å². The molecule has 4 N–H and O–H groups in total. The molecule has 2 aliphatic carbocycles. The minimum atomic E-state index is -0.999. The predicted molar refractivity (Wildman–Crippen MR) is 172 cm³/mol. The van der Waals surface area contributed by atoms with E-state index in [0.717, 1.165) is 12.8 Å². The Labute approximate surface area is 273 Å². The summed E-state index contributed by atoms with van der Waals surface area (Å²) in [5.74, 6) is -2.19. The maximum Gasteiger partial charge on any atom is 0.409 e. The van der Waals surface area contributed by atoms with Gasteiger partial charge in [-0.2, -0.15) is 0 Å². The van der Waals surface area contributed by atoms with Crippen LogP contribution in [-0.4, -0.2) is 103 Å². The molecule has 0 bridgehead atoms. The summed E-state index contributed by atoms with van der Waals surface area (Å²) in [6.45, 7) is 17.7. The number of nitrogens with zero attached hydrogens (tertiary/aromatic N) is 2. The summed E-state index contributed by atoms with van der Waals surface area (Å²) in [6, 6.07) is -3.84. The number of carbonyl (C=O) groups is 6. The molecular weight excluding hydrogens is 592 g/mol. The third kappa shape index (κ3) is 8.58. The minimum absolute atomic E-state index is 0.0344. The third-order valence-electron chi connectivity index (χ3n) is 9.76. The number of nitrogens with one attached hydrogen (secondary N) is 4. The lowest BCUT2D eigenvalue weighted by Gasteiger charge is -2.38. The quantitative estimate of drug-likeness (QED) is 0.166. The summed E-state index contributed by atoms with van der Waals surface area (Å²) < 4.78 is 4.77. The average Bonchev–Trinajstić information content (AvgIpc) is 3.83. The van der Waals surface area contributed by atoms with E-state index in [2.05, 4.69) is 41.7 Å². The van der Waals surface area contributed by atoms with Crippen molar-refractivity contribution in [2.24, 2.45) is 34.5 Å². The van der Waals surface area contributed by atoms with Crippen molar-refractivity contribution < 1.29 is 33.5 Å². The highest BCUT2D eigenvalue weighted by atomic mass is 16.5. The molecule has 2 saturated carbocycles. The SMILES string of the molecule is C=CCNC(=O)C(=O)C(CC1CC1)NC(=O)[C@@H]1[C@@H]2[C@H](CN1C(=O)[C@@H](NC(=O)N[C@H](CN(C)C(=O)OC)C(C)C)C(C)(C)C)C2(C)C. The summed E-state index contributed by atoms with van der Waals surface area (Å²) in [7, 11) is 2.86. The zero-order valence-electron chi connectivity index (χ0n) is 28.9. The van der Waals surface area contributed by atoms with Crippen molar-refractivity contribution in [3.63, 3.8) is 0 Å². The second kappa shape index (κ2) is 14.4. The number of likely N-dealkylation sites (tertiary alicyclic amines) is 1. The molecular formula is C33H54N6O7. The molecule has 3 fully saturated rings. The van der Waals surface area contributed by atoms with Gasteiger partial charge in [0.25, 0.3) is 5.91 Å². The number of Topliss-reactive ketones (excluding diaryl/α,β-unsaturated/α-hetero) is 1. The summed E-state index contributed by atoms with van der Waals surface area (Å²) in [4.78, 5) is 82.1. The molecule has 0 aromatic rings. The molecule has 1 unspecified atom stereocenters. The topological polar surface area (TPSA) is 166 Å². The number of rotatable bonds is 14. The van der Waals surface area contributed by atoms with E-state index in [0.29, 0.717) is 13.0 Å². The van der Waals surface area contributed by atoms with Crippen LogP contribution in [-0.2, 0) is 23.9 Å². The van der Waals surface area contributed by atoms with Gasteiger partial charge in [0.1, 0.15) is 12.1 Å². The number of fused-ring (bicyclic) bond motifs is 1. The van der Waals surface area contributed by atoms with Gasteiger partial charge in [-0.25, -0.2) is 9.59 Å². The van der Waals surface area contributed by atoms with Crippen LogP contribution in [0.3, 0.4) is 0 Å². The highest BCUT2D eigenvalue weighted by Gasteiger charge is 2.70. The van der Waals surface area contributed by atoms with Gasteiger partial charge in [0.15, 0.2) is 0 Å². The van der Waals surface area contributed by atoms with Crippen LogP contribution in [0.2, 0.25) is 0 Å². The first-order valence-electron chi connectivity index (χ1n) is 16.2. The molecule has 0 aromatic heterocycles. The van der Waals surface area contributed by atoms with E-state index in [4.69, 9.17) is 4.74 Å². The van der Waals surface area contributed by atoms with Gasteiger partial charge in [0.05, 0.1) is 19.2 Å². The molecule has 258 valence electrons. The van der Waals surface area contributed by atoms with Crippen molar-refractivity contribution in [1.29, 1.82) is 0 Å². The van der Waals surface area contributed by atoms with E-state index in [1.165, 1.54) is 23.0 Å². The normalized spacial score (nSPS) is 23.3. The van der Waals surface area contributed by atoms with E-state index in [1.807, 2.05) is 34.6 Å². The van der Waals surface area contributed by atoms with Gasteiger partial charge >= 0.3 is 12.1 Å². The Kier molecular flexibility index (Phi) is 11.5. The molecule has 3 rings (SSSR count). The van der Waals surface area contributed by atoms with Crippen LogP contribution in [0.1, 0.15) is 67.7 Å². The van der Waals surface area contributed by atoms with Crippen LogP contribution in [0.4, 0.5) is 9.59 Å². The van der Waals surface area contributed by atoms with Crippen molar-refractivity contribution in [1.82, 2.24) is 31.1 Å². The number of piperidine rings is 1. The van der Waals surface area contributed by atoms with Crippen LogP contribution in [0.15, 0.2) is 12.7 Å². The monoisotopic (exact) mass is 646 g/mol. The maximum absolute atomic E-state index is 14.3. The Bertz CT molecular complexity index is 1210. The second-order valence-corrected chi connectivity index (χ2v) is 15.1. The first-order valence-corrected chi connectivity index (χ1v) is 16.2. The van der Waals surface area contributed by atoms with Gasteiger partial charge in [0.2, 0.25) is 17.6 Å². The van der Waals surface area contributed by atoms with Gasteiger partial charge in [0, 0.05) is 26.7 Å². The Morgan fingerprint density at radius 3 is 2.22 bits per heavy atom. The second-order valence-electron chi connectivity index (χ2n) is 15.1. The fourth-order valence-electron chi connectivity index (χ4n) is 6.50. The lowest BCUT2D eigenvalue weighted by Crippen LogP contribution is -2.62. The van der Waals surface area contributed by atoms with Gasteiger partial charge < -0.3 is 35.8 Å². The van der Waals surface area contributed by atoms with Gasteiger partial charge in [-0.3, -0.25) is 19.2 Å². The van der Waals surface area contributed by atoms with Gasteiger partial charge in [-0.1, -0.05) is 67.4 Å². The Morgan fingerprint density at radius 1 is 1.07 bits per heavy atom. The number of urea groups is 1. The molecule has 13 nitrogen and oxygen atoms in total. The van der Waals surface area contributed by atoms with Gasteiger partial charge in [-0.15, -0.1) is 6.58 Å². The van der Waals surface area contributed by atoms with Crippen molar-refractivity contribution in [3.8, 4) is 0 Å². The first-order chi connectivity index (χ1) is 21.3. The van der Waals surface area contributed by atoms with Crippen LogP contribution >= 0.6 is 0 Å². The van der Waals surface area contributed by atoms with Crippen LogP contribution < -0.4 is 21.3 Å². The molecule has 46 heavy (non-hydrogen) atoms. The average molecular weight is 647 g/mol. The van der Waals surface area contributed by atoms with Crippen molar-refractivity contribution in [2.45, 2.75) is 91.9 Å². The summed E-state index contributed by atoms with van der Waals surface area (Å²) in [5.41, 5.74) is -0.907. The lowest BCUT2D eigenvalue weighted by atomic mass is 9.85. The van der Waals surface area contributed by atoms with Crippen LogP contribution in [0.5, 0.6) is 0 Å². The number of hydrogen-bond acceptors (Lipinski definition) is 7. The molecule has 13 heteroatoms. The smallest absolute Gasteiger partial charge is 0.409 e. The molecule has 1 heterocycles. The number of carbonyl (C=O) groups excluding carboxylic acids is 6. The van der Waals surface area contributed by atoms with E-state index < -0.39 is 65.2 Å². The Balaban J connectivity index is 1.80. The molecule has 0 spiro atoms. The largest absolute Gasteiger partial charge is 0.453 e. The first kappa shape index (κ1) is 36.8. The molecule has 0 aromatic carbocycles. The van der Waals surface area contributed by atoms with E-state index in [9.17, 15) is 28.8 Å². The number of methoxy groups -OCH3 is 1. The number of ketones is 1. The zero-order chi connectivity index (χ0) is 34.7. The lowest BCUT2D eigenvalue weighted by molar-refractivity contribution is -0.145. The third-order valence-corrected chi connectivity index (χ3v) is 9.76. The summed E-state index contributed by atoms with van der Waals surface area (Å²) >= 11 is 0. The van der Waals surface area contributed by atoms with Crippen molar-refractivity contribution in [2.75, 3.05) is 33.8 Å². The zero-order valence-corrected chi connectivity index (χ0v) is 28.9. The number of hydrogen-bond donors (Lipinski definition) is 4. The molecule has 6 atom stereocenters. The van der Waals surface area contributed by atoms with Crippen LogP contribution in [0, 0.1) is 34.5 Å². The fourth-order valence-corrected chi connectivity index (χ4v) is 6.50. The highest BCUT2D eigenvalue weighted by molar-refractivity contribution is 6.38. The maximum atomic E-state index is 14.3. The number of ether oxygens (including phenoxy) is 1. The van der Waals surface area contributed by atoms with E-state index in [-0.39, 0.29) is 42.2 Å². The standard InChI is InChI=1S/C33H54N6O7/c1-11-14-34-28(42)25(40)21(15-19-12-13-19)35-27(41)24-23-20(33(23,7)8)16-39(24)29(43)26(32(4,5)6)37-30(44)36-22(18(2)3)17-38(9)31(45)46-10/h11,18-24,26H,1,12-17H2,2-10H3,(H,34,42)(H,35,41)(H2,36,37,44)/t20-,21?,22+,23-,24-,26+/m0/s1. The van der Waals surface area contributed by atoms with E-state index in [1.54, 1.807) is 7.05 Å². The van der Waals surface area contributed by atoms with Crippen molar-refractivity contribution >= 4 is 35.6 Å². The highest BCUT2D eigenvalue weighted by Crippen LogP contribution is 2.65. The molecule has 3 aliphatic rings. The minimum Gasteiger partial charge on any atom is -0.453 e. The molecule has 1 saturated heterocycles. The number of amides is 6. The van der Waals surface area contributed by atoms with Crippen molar-refractivity contribution in [3.05, 3.63) is 12.7 Å². The van der Waals surface area contributed by atoms with E-state index >= 15 is 0 Å². The van der Waals surface area contributed by atoms with Gasteiger partial charge in [-0.05, 0) is 40.9 Å². The Morgan fingerprint density at radius 2 is 1.70 bits per heavy atom.